The fourth-order valence-corrected chi connectivity index (χ4v) is 2.23. The summed E-state index contributed by atoms with van der Waals surface area (Å²) in [4.78, 5) is 0. The van der Waals surface area contributed by atoms with Crippen LogP contribution in [0.15, 0.2) is 42.5 Å². The third kappa shape index (κ3) is 4.50. The maximum atomic E-state index is 3.42. The maximum Gasteiger partial charge on any atom is 1.00 e. The van der Waals surface area contributed by atoms with Crippen LogP contribution in [-0.4, -0.2) is 0 Å². The summed E-state index contributed by atoms with van der Waals surface area (Å²) in [6.07, 6.45) is 0. The molecular weight excluding hydrogens is 247 g/mol. The van der Waals surface area contributed by atoms with E-state index in [1.807, 2.05) is 0 Å². The molecule has 0 saturated heterocycles. The van der Waals surface area contributed by atoms with Crippen molar-refractivity contribution in [3.8, 4) is 11.1 Å². The Morgan fingerprint density at radius 1 is 0.667 bits per heavy atom. The van der Waals surface area contributed by atoms with Gasteiger partial charge in [-0.15, -0.1) is 0 Å². The molecule has 0 bridgehead atoms. The molecule has 1 radical (unpaired) electrons. The molecule has 2 aromatic carbocycles. The van der Waals surface area contributed by atoms with Crippen LogP contribution in [0.3, 0.4) is 0 Å². The summed E-state index contributed by atoms with van der Waals surface area (Å²) in [6.45, 7) is 13.4. The average molecular weight is 272 g/mol. The Kier molecular flexibility index (Phi) is 5.54. The Labute approximate surface area is 142 Å². The molecule has 0 unspecified atom stereocenters. The van der Waals surface area contributed by atoms with Crippen molar-refractivity contribution < 1.29 is 18.9 Å². The van der Waals surface area contributed by atoms with Gasteiger partial charge in [-0.2, -0.15) is 0 Å². The minimum atomic E-state index is 0. The first-order chi connectivity index (χ1) is 9.18. The molecular formula is C20H25Li+. The van der Waals surface area contributed by atoms with Crippen molar-refractivity contribution in [2.45, 2.75) is 52.4 Å². The van der Waals surface area contributed by atoms with Crippen molar-refractivity contribution in [2.75, 3.05) is 0 Å². The van der Waals surface area contributed by atoms with Gasteiger partial charge >= 0.3 is 18.9 Å². The zero-order valence-electron chi connectivity index (χ0n) is 14.5. The monoisotopic (exact) mass is 272 g/mol. The number of rotatable bonds is 1. The van der Waals surface area contributed by atoms with Gasteiger partial charge in [0.2, 0.25) is 0 Å². The van der Waals surface area contributed by atoms with Crippen LogP contribution in [0.4, 0.5) is 0 Å². The number of benzene rings is 2. The first-order valence-corrected chi connectivity index (χ1v) is 7.31. The van der Waals surface area contributed by atoms with Crippen LogP contribution in [0, 0.1) is 6.07 Å². The van der Waals surface area contributed by atoms with E-state index in [1.165, 1.54) is 22.3 Å². The van der Waals surface area contributed by atoms with Crippen LogP contribution in [0.25, 0.3) is 11.1 Å². The molecule has 0 aliphatic carbocycles. The van der Waals surface area contributed by atoms with Gasteiger partial charge in [0.15, 0.2) is 0 Å². The third-order valence-corrected chi connectivity index (χ3v) is 3.71. The van der Waals surface area contributed by atoms with Gasteiger partial charge in [-0.3, -0.25) is 0 Å². The van der Waals surface area contributed by atoms with E-state index in [1.54, 1.807) is 0 Å². The summed E-state index contributed by atoms with van der Waals surface area (Å²) in [5, 5.41) is 0. The quantitative estimate of drug-likeness (QED) is 0.700. The molecule has 0 aromatic heterocycles. The summed E-state index contributed by atoms with van der Waals surface area (Å²) >= 11 is 0. The SMILES string of the molecule is CC(C)(C)c1[c]cc(-c2ccc(C(C)(C)C)cc2)cc1.[Li+]. The topological polar surface area (TPSA) is 0 Å². The van der Waals surface area contributed by atoms with Crippen LogP contribution >= 0.6 is 0 Å². The van der Waals surface area contributed by atoms with Gasteiger partial charge in [0.25, 0.3) is 0 Å². The van der Waals surface area contributed by atoms with E-state index in [0.29, 0.717) is 0 Å². The van der Waals surface area contributed by atoms with Crippen molar-refractivity contribution >= 4 is 0 Å². The summed E-state index contributed by atoms with van der Waals surface area (Å²) < 4.78 is 0. The van der Waals surface area contributed by atoms with Crippen LogP contribution in [0.5, 0.6) is 0 Å². The smallest absolute Gasteiger partial charge is 0.0579 e. The third-order valence-electron chi connectivity index (χ3n) is 3.71. The second-order valence-electron chi connectivity index (χ2n) is 7.57. The van der Waals surface area contributed by atoms with Crippen molar-refractivity contribution in [1.82, 2.24) is 0 Å². The molecule has 0 N–H and O–H groups in total. The summed E-state index contributed by atoms with van der Waals surface area (Å²) in [6, 6.07) is 18.8. The van der Waals surface area contributed by atoms with Gasteiger partial charge in [-0.1, -0.05) is 77.9 Å². The standard InChI is InChI=1S/C20H25.Li/c1-19(2,3)17-11-7-15(8-12-17)16-9-13-18(14-10-16)20(4,5)6;/h7-13H,1-6H3;/q;+1. The van der Waals surface area contributed by atoms with E-state index >= 15 is 0 Å². The van der Waals surface area contributed by atoms with E-state index in [4.69, 9.17) is 0 Å². The molecule has 1 heteroatoms. The minimum Gasteiger partial charge on any atom is -0.0579 e. The van der Waals surface area contributed by atoms with E-state index in [0.717, 1.165) is 0 Å². The summed E-state index contributed by atoms with van der Waals surface area (Å²) in [5.74, 6) is 0. The first kappa shape index (κ1) is 18.1. The molecule has 2 aromatic rings. The molecule has 0 fully saturated rings. The van der Waals surface area contributed by atoms with E-state index < -0.39 is 0 Å². The van der Waals surface area contributed by atoms with Crippen LogP contribution in [-0.2, 0) is 10.8 Å². The first-order valence-electron chi connectivity index (χ1n) is 7.31. The number of hydrogen-bond donors (Lipinski definition) is 0. The molecule has 0 spiro atoms. The average Bonchev–Trinajstić information content (AvgIpc) is 2.37. The number of hydrogen-bond acceptors (Lipinski definition) is 0. The predicted octanol–water partition coefficient (Wildman–Crippen LogP) is 2.75. The second kappa shape index (κ2) is 6.43. The van der Waals surface area contributed by atoms with Gasteiger partial charge in [0.1, 0.15) is 0 Å². The van der Waals surface area contributed by atoms with Crippen LogP contribution in [0.2, 0.25) is 0 Å². The molecule has 0 saturated carbocycles. The molecule has 0 atom stereocenters. The molecule has 105 valence electrons. The van der Waals surface area contributed by atoms with Crippen molar-refractivity contribution in [3.05, 3.63) is 59.7 Å². The zero-order chi connectivity index (χ0) is 15.0. The fourth-order valence-electron chi connectivity index (χ4n) is 2.23. The largest absolute Gasteiger partial charge is 1.00 e. The predicted molar refractivity (Wildman–Crippen MR) is 88.1 cm³/mol. The second-order valence-corrected chi connectivity index (χ2v) is 7.57. The molecule has 0 aliphatic rings. The maximum absolute atomic E-state index is 3.42. The molecule has 0 aliphatic heterocycles. The van der Waals surface area contributed by atoms with Gasteiger partial charge in [-0.25, -0.2) is 0 Å². The Balaban J connectivity index is 0.00000220. The molecule has 0 amide bonds. The van der Waals surface area contributed by atoms with Crippen LogP contribution in [0.1, 0.15) is 52.7 Å². The Morgan fingerprint density at radius 2 is 1.19 bits per heavy atom. The molecule has 0 heterocycles. The summed E-state index contributed by atoms with van der Waals surface area (Å²) in [5.41, 5.74) is 5.49. The van der Waals surface area contributed by atoms with E-state index in [9.17, 15) is 0 Å². The van der Waals surface area contributed by atoms with E-state index in [-0.39, 0.29) is 29.7 Å². The van der Waals surface area contributed by atoms with E-state index in [2.05, 4.69) is 90.1 Å². The van der Waals surface area contributed by atoms with Crippen molar-refractivity contribution in [1.29, 1.82) is 0 Å². The van der Waals surface area contributed by atoms with Gasteiger partial charge in [-0.05, 0) is 45.2 Å². The molecule has 2 rings (SSSR count). The Hall–Kier alpha value is -0.963. The normalized spacial score (nSPS) is 11.9. The zero-order valence-corrected chi connectivity index (χ0v) is 14.5. The van der Waals surface area contributed by atoms with Gasteiger partial charge in [0.05, 0.1) is 0 Å². The van der Waals surface area contributed by atoms with Gasteiger partial charge in [0, 0.05) is 0 Å². The molecule has 21 heavy (non-hydrogen) atoms. The summed E-state index contributed by atoms with van der Waals surface area (Å²) in [7, 11) is 0. The van der Waals surface area contributed by atoms with Crippen molar-refractivity contribution in [2.24, 2.45) is 0 Å². The fraction of sp³-hybridized carbons (Fsp3) is 0.400. The minimum absolute atomic E-state index is 0. The Bertz CT molecular complexity index is 508. The Morgan fingerprint density at radius 3 is 1.57 bits per heavy atom. The molecule has 0 nitrogen and oxygen atoms in total. The van der Waals surface area contributed by atoms with Gasteiger partial charge < -0.3 is 0 Å². The van der Waals surface area contributed by atoms with Crippen LogP contribution < -0.4 is 18.9 Å². The van der Waals surface area contributed by atoms with Crippen molar-refractivity contribution in [3.63, 3.8) is 0 Å².